The number of aliphatic carboxylic acids is 2. The minimum atomic E-state index is -0.766. The SMILES string of the molecule is CC(C)(CCCC(=O)O)c1nc2sc(C(C)(C)CCCC(=O)O)nc2s1. The molecule has 0 amide bonds. The van der Waals surface area contributed by atoms with E-state index in [4.69, 9.17) is 20.2 Å². The summed E-state index contributed by atoms with van der Waals surface area (Å²) in [7, 11) is 0. The quantitative estimate of drug-likeness (QED) is 0.595. The minimum Gasteiger partial charge on any atom is -0.481 e. The third-order valence-electron chi connectivity index (χ3n) is 4.52. The predicted octanol–water partition coefficient (Wildman–Crippen LogP) is 4.82. The molecular formula is C18H26N2O4S2. The maximum atomic E-state index is 10.7. The zero-order valence-electron chi connectivity index (χ0n) is 15.7. The Morgan fingerprint density at radius 2 is 1.15 bits per heavy atom. The third-order valence-corrected chi connectivity index (χ3v) is 7.28. The molecule has 2 rings (SSSR count). The Morgan fingerprint density at radius 3 is 1.46 bits per heavy atom. The lowest BCUT2D eigenvalue weighted by molar-refractivity contribution is -0.138. The van der Waals surface area contributed by atoms with Gasteiger partial charge in [-0.15, -0.1) is 0 Å². The highest BCUT2D eigenvalue weighted by Crippen LogP contribution is 2.40. The van der Waals surface area contributed by atoms with Gasteiger partial charge in [0.2, 0.25) is 0 Å². The van der Waals surface area contributed by atoms with Crippen molar-refractivity contribution < 1.29 is 19.8 Å². The molecule has 0 aliphatic carbocycles. The molecule has 0 bridgehead atoms. The highest BCUT2D eigenvalue weighted by Gasteiger charge is 2.29. The largest absolute Gasteiger partial charge is 0.481 e. The van der Waals surface area contributed by atoms with E-state index in [-0.39, 0.29) is 23.7 Å². The molecule has 0 fully saturated rings. The number of carbonyl (C=O) groups is 2. The molecule has 144 valence electrons. The first-order valence-electron chi connectivity index (χ1n) is 8.73. The van der Waals surface area contributed by atoms with Crippen LogP contribution in [0.3, 0.4) is 0 Å². The first-order valence-corrected chi connectivity index (χ1v) is 10.4. The van der Waals surface area contributed by atoms with Crippen molar-refractivity contribution in [3.05, 3.63) is 10.0 Å². The van der Waals surface area contributed by atoms with Crippen LogP contribution in [-0.4, -0.2) is 32.1 Å². The molecule has 0 unspecified atom stereocenters. The monoisotopic (exact) mass is 398 g/mol. The van der Waals surface area contributed by atoms with E-state index in [0.29, 0.717) is 12.8 Å². The van der Waals surface area contributed by atoms with Crippen molar-refractivity contribution in [3.63, 3.8) is 0 Å². The van der Waals surface area contributed by atoms with Gasteiger partial charge in [-0.2, -0.15) is 0 Å². The molecule has 0 spiro atoms. The normalized spacial score (nSPS) is 12.6. The summed E-state index contributed by atoms with van der Waals surface area (Å²) in [6, 6.07) is 0. The highest BCUT2D eigenvalue weighted by atomic mass is 32.1. The van der Waals surface area contributed by atoms with E-state index < -0.39 is 11.9 Å². The van der Waals surface area contributed by atoms with Crippen LogP contribution in [0.4, 0.5) is 0 Å². The summed E-state index contributed by atoms with van der Waals surface area (Å²) < 4.78 is 0. The van der Waals surface area contributed by atoms with Gasteiger partial charge in [0.15, 0.2) is 9.66 Å². The van der Waals surface area contributed by atoms with Crippen molar-refractivity contribution in [2.45, 2.75) is 77.0 Å². The van der Waals surface area contributed by atoms with Crippen LogP contribution in [0.15, 0.2) is 0 Å². The van der Waals surface area contributed by atoms with Crippen LogP contribution < -0.4 is 0 Å². The Bertz CT molecular complexity index is 699. The van der Waals surface area contributed by atoms with Crippen molar-refractivity contribution in [2.75, 3.05) is 0 Å². The molecule has 0 saturated heterocycles. The second kappa shape index (κ2) is 8.00. The lowest BCUT2D eigenvalue weighted by atomic mass is 9.88. The fraction of sp³-hybridized carbons (Fsp3) is 0.667. The summed E-state index contributed by atoms with van der Waals surface area (Å²) >= 11 is 3.15. The predicted molar refractivity (Wildman–Crippen MR) is 104 cm³/mol. The molecule has 26 heavy (non-hydrogen) atoms. The number of fused-ring (bicyclic) bond motifs is 1. The maximum Gasteiger partial charge on any atom is 0.303 e. The van der Waals surface area contributed by atoms with Crippen LogP contribution in [0, 0.1) is 0 Å². The highest BCUT2D eigenvalue weighted by molar-refractivity contribution is 7.26. The van der Waals surface area contributed by atoms with E-state index in [1.165, 1.54) is 0 Å². The van der Waals surface area contributed by atoms with Gasteiger partial charge < -0.3 is 10.2 Å². The van der Waals surface area contributed by atoms with E-state index >= 15 is 0 Å². The van der Waals surface area contributed by atoms with Gasteiger partial charge in [0, 0.05) is 23.7 Å². The Kier molecular flexibility index (Phi) is 6.39. The van der Waals surface area contributed by atoms with Gasteiger partial charge in [-0.25, -0.2) is 9.97 Å². The second-order valence-corrected chi connectivity index (χ2v) is 9.87. The van der Waals surface area contributed by atoms with Crippen LogP contribution in [0.25, 0.3) is 9.66 Å². The van der Waals surface area contributed by atoms with E-state index in [1.54, 1.807) is 22.7 Å². The average Bonchev–Trinajstić information content (AvgIpc) is 3.04. The first-order chi connectivity index (χ1) is 12.0. The topological polar surface area (TPSA) is 100 Å². The molecule has 2 heterocycles. The average molecular weight is 399 g/mol. The summed E-state index contributed by atoms with van der Waals surface area (Å²) in [4.78, 5) is 32.8. The van der Waals surface area contributed by atoms with Crippen molar-refractivity contribution in [1.82, 2.24) is 9.97 Å². The van der Waals surface area contributed by atoms with Gasteiger partial charge in [0.25, 0.3) is 0 Å². The fourth-order valence-electron chi connectivity index (χ4n) is 2.80. The molecule has 2 aromatic rings. The number of carboxylic acids is 2. The molecule has 0 radical (unpaired) electrons. The molecule has 2 N–H and O–H groups in total. The smallest absolute Gasteiger partial charge is 0.303 e. The molecule has 0 aromatic carbocycles. The summed E-state index contributed by atoms with van der Waals surface area (Å²) in [6.45, 7) is 8.37. The molecule has 0 aliphatic heterocycles. The van der Waals surface area contributed by atoms with Crippen molar-refractivity contribution in [2.24, 2.45) is 0 Å². The van der Waals surface area contributed by atoms with Gasteiger partial charge in [0.1, 0.15) is 10.0 Å². The van der Waals surface area contributed by atoms with Crippen LogP contribution >= 0.6 is 22.7 Å². The number of hydrogen-bond donors (Lipinski definition) is 2. The van der Waals surface area contributed by atoms with Crippen molar-refractivity contribution >= 4 is 44.3 Å². The number of hydrogen-bond acceptors (Lipinski definition) is 6. The van der Waals surface area contributed by atoms with Gasteiger partial charge >= 0.3 is 11.9 Å². The molecule has 0 saturated carbocycles. The zero-order chi connectivity index (χ0) is 19.5. The number of carboxylic acid groups (broad SMARTS) is 2. The lowest BCUT2D eigenvalue weighted by Crippen LogP contribution is -2.18. The number of nitrogens with zero attached hydrogens (tertiary/aromatic N) is 2. The second-order valence-electron chi connectivity index (χ2n) is 7.91. The number of thiazole rings is 2. The van der Waals surface area contributed by atoms with Crippen molar-refractivity contribution in [3.8, 4) is 0 Å². The number of rotatable bonds is 10. The molecule has 0 aliphatic rings. The van der Waals surface area contributed by atoms with Crippen LogP contribution in [0.1, 0.15) is 76.2 Å². The van der Waals surface area contributed by atoms with Gasteiger partial charge in [0.05, 0.1) is 0 Å². The Labute approximate surface area is 161 Å². The first kappa shape index (κ1) is 20.8. The molecule has 2 aromatic heterocycles. The Balaban J connectivity index is 2.10. The maximum absolute atomic E-state index is 10.7. The molecule has 8 heteroatoms. The lowest BCUT2D eigenvalue weighted by Gasteiger charge is -2.22. The van der Waals surface area contributed by atoms with Crippen molar-refractivity contribution in [1.29, 1.82) is 0 Å². The van der Waals surface area contributed by atoms with Gasteiger partial charge in [-0.1, -0.05) is 50.4 Å². The summed E-state index contributed by atoms with van der Waals surface area (Å²) in [5, 5.41) is 19.6. The third kappa shape index (κ3) is 5.23. The molecule has 0 atom stereocenters. The van der Waals surface area contributed by atoms with Gasteiger partial charge in [-0.05, 0) is 25.7 Å². The summed E-state index contributed by atoms with van der Waals surface area (Å²) in [5.74, 6) is -1.53. The molecule has 6 nitrogen and oxygen atoms in total. The van der Waals surface area contributed by atoms with Crippen LogP contribution in [-0.2, 0) is 20.4 Å². The Hall–Kier alpha value is -1.54. The minimum absolute atomic E-state index is 0.169. The fourth-order valence-corrected chi connectivity index (χ4v) is 5.10. The van der Waals surface area contributed by atoms with Gasteiger partial charge in [-0.3, -0.25) is 9.59 Å². The summed E-state index contributed by atoms with van der Waals surface area (Å²) in [5.41, 5.74) is -0.338. The zero-order valence-corrected chi connectivity index (χ0v) is 17.3. The van der Waals surface area contributed by atoms with E-state index in [1.807, 2.05) is 0 Å². The van der Waals surface area contributed by atoms with Crippen LogP contribution in [0.2, 0.25) is 0 Å². The standard InChI is InChI=1S/C18H26N2O4S2/c1-17(2,9-5-7-11(21)22)15-19-13-14(25-15)20-16(26-13)18(3,4)10-6-8-12(23)24/h5-10H2,1-4H3,(H,21,22)(H,23,24). The van der Waals surface area contributed by atoms with Crippen LogP contribution in [0.5, 0.6) is 0 Å². The number of aromatic nitrogens is 2. The van der Waals surface area contributed by atoms with E-state index in [9.17, 15) is 9.59 Å². The molecular weight excluding hydrogens is 372 g/mol. The van der Waals surface area contributed by atoms with E-state index in [2.05, 4.69) is 27.7 Å². The summed E-state index contributed by atoms with van der Waals surface area (Å²) in [6.07, 6.45) is 3.16. The Morgan fingerprint density at radius 1 is 0.808 bits per heavy atom. The van der Waals surface area contributed by atoms with E-state index in [0.717, 1.165) is 32.5 Å².